The summed E-state index contributed by atoms with van der Waals surface area (Å²) in [5.41, 5.74) is 1.12. The number of nitrogens with one attached hydrogen (secondary N) is 1. The van der Waals surface area contributed by atoms with Gasteiger partial charge in [0.1, 0.15) is 10.2 Å². The second-order valence-electron chi connectivity index (χ2n) is 4.03. The molecule has 106 valence electrons. The maximum atomic E-state index is 13.5. The largest absolute Gasteiger partial charge is 0.324 e. The SMILES string of the molecule is Cc1csc(SCCC(=O)Nc2ccc(Cl)cc2F)n1. The predicted octanol–water partition coefficient (Wildman–Crippen LogP) is 4.36. The van der Waals surface area contributed by atoms with Crippen molar-refractivity contribution in [3.05, 3.63) is 40.1 Å². The Morgan fingerprint density at radius 1 is 1.55 bits per heavy atom. The molecule has 7 heteroatoms. The first-order valence-corrected chi connectivity index (χ1v) is 8.09. The molecular weight excluding hydrogens is 319 g/mol. The number of nitrogens with zero attached hydrogens (tertiary/aromatic N) is 1. The number of thiazole rings is 1. The van der Waals surface area contributed by atoms with E-state index < -0.39 is 5.82 Å². The van der Waals surface area contributed by atoms with E-state index in [0.29, 0.717) is 17.2 Å². The molecule has 1 heterocycles. The van der Waals surface area contributed by atoms with Crippen LogP contribution >= 0.6 is 34.7 Å². The van der Waals surface area contributed by atoms with Gasteiger partial charge in [0.15, 0.2) is 0 Å². The topological polar surface area (TPSA) is 42.0 Å². The van der Waals surface area contributed by atoms with Crippen molar-refractivity contribution in [1.29, 1.82) is 0 Å². The van der Waals surface area contributed by atoms with E-state index in [1.54, 1.807) is 11.3 Å². The summed E-state index contributed by atoms with van der Waals surface area (Å²) in [6, 6.07) is 4.16. The second kappa shape index (κ2) is 7.06. The number of aryl methyl sites for hydroxylation is 1. The van der Waals surface area contributed by atoms with E-state index in [1.807, 2.05) is 12.3 Å². The summed E-state index contributed by atoms with van der Waals surface area (Å²) in [5.74, 6) is -0.158. The minimum absolute atomic E-state index is 0.148. The quantitative estimate of drug-likeness (QED) is 0.828. The summed E-state index contributed by atoms with van der Waals surface area (Å²) in [4.78, 5) is 16.0. The van der Waals surface area contributed by atoms with Gasteiger partial charge in [0.2, 0.25) is 5.91 Å². The fourth-order valence-electron chi connectivity index (χ4n) is 1.43. The van der Waals surface area contributed by atoms with Crippen LogP contribution in [0.2, 0.25) is 5.02 Å². The monoisotopic (exact) mass is 330 g/mol. The van der Waals surface area contributed by atoms with Crippen molar-refractivity contribution in [2.24, 2.45) is 0 Å². The molecule has 0 atom stereocenters. The van der Waals surface area contributed by atoms with E-state index in [9.17, 15) is 9.18 Å². The predicted molar refractivity (Wildman–Crippen MR) is 82.2 cm³/mol. The molecule has 0 saturated carbocycles. The Bertz CT molecular complexity index is 618. The molecule has 0 aliphatic carbocycles. The average Bonchev–Trinajstić information content (AvgIpc) is 2.79. The maximum Gasteiger partial charge on any atom is 0.225 e. The van der Waals surface area contributed by atoms with Gasteiger partial charge in [0.25, 0.3) is 0 Å². The third-order valence-corrected chi connectivity index (χ3v) is 4.73. The van der Waals surface area contributed by atoms with Crippen molar-refractivity contribution in [1.82, 2.24) is 4.98 Å². The molecule has 1 amide bonds. The first-order chi connectivity index (χ1) is 9.54. The third-order valence-electron chi connectivity index (χ3n) is 2.36. The fraction of sp³-hybridized carbons (Fsp3) is 0.231. The number of thioether (sulfide) groups is 1. The van der Waals surface area contributed by atoms with Crippen LogP contribution in [0, 0.1) is 12.7 Å². The zero-order valence-corrected chi connectivity index (χ0v) is 13.0. The van der Waals surface area contributed by atoms with Crippen LogP contribution in [-0.2, 0) is 4.79 Å². The van der Waals surface area contributed by atoms with Gasteiger partial charge in [-0.05, 0) is 25.1 Å². The van der Waals surface area contributed by atoms with Crippen LogP contribution in [-0.4, -0.2) is 16.6 Å². The normalized spacial score (nSPS) is 10.6. The molecule has 0 bridgehead atoms. The third kappa shape index (κ3) is 4.47. The molecule has 1 aromatic carbocycles. The van der Waals surface area contributed by atoms with Gasteiger partial charge in [-0.15, -0.1) is 11.3 Å². The van der Waals surface area contributed by atoms with Crippen molar-refractivity contribution >= 4 is 46.3 Å². The summed E-state index contributed by atoms with van der Waals surface area (Å²) >= 11 is 8.72. The van der Waals surface area contributed by atoms with Crippen LogP contribution in [0.5, 0.6) is 0 Å². The Morgan fingerprint density at radius 2 is 2.35 bits per heavy atom. The number of anilines is 1. The number of aromatic nitrogens is 1. The van der Waals surface area contributed by atoms with E-state index in [0.717, 1.165) is 10.0 Å². The number of rotatable bonds is 5. The van der Waals surface area contributed by atoms with Crippen LogP contribution in [0.1, 0.15) is 12.1 Å². The maximum absolute atomic E-state index is 13.5. The zero-order chi connectivity index (χ0) is 14.5. The summed E-state index contributed by atoms with van der Waals surface area (Å²) < 4.78 is 14.4. The van der Waals surface area contributed by atoms with Crippen molar-refractivity contribution in [3.63, 3.8) is 0 Å². The van der Waals surface area contributed by atoms with Gasteiger partial charge in [0, 0.05) is 28.3 Å². The lowest BCUT2D eigenvalue weighted by molar-refractivity contribution is -0.115. The molecule has 2 aromatic rings. The standard InChI is InChI=1S/C13H12ClFN2OS2/c1-8-7-20-13(16-8)19-5-4-12(18)17-11-3-2-9(14)6-10(11)15/h2-3,6-7H,4-5H2,1H3,(H,17,18). The molecule has 20 heavy (non-hydrogen) atoms. The fourth-order valence-corrected chi connectivity index (χ4v) is 3.45. The molecule has 0 aliphatic heterocycles. The number of carbonyl (C=O) groups is 1. The molecule has 0 saturated heterocycles. The van der Waals surface area contributed by atoms with Crippen LogP contribution in [0.15, 0.2) is 27.9 Å². The molecule has 2 rings (SSSR count). The average molecular weight is 331 g/mol. The highest BCUT2D eigenvalue weighted by Crippen LogP contribution is 2.23. The molecule has 0 radical (unpaired) electrons. The summed E-state index contributed by atoms with van der Waals surface area (Å²) in [6.07, 6.45) is 0.297. The first kappa shape index (κ1) is 15.3. The molecular formula is C13H12ClFN2OS2. The van der Waals surface area contributed by atoms with E-state index in [2.05, 4.69) is 10.3 Å². The molecule has 3 nitrogen and oxygen atoms in total. The number of hydrogen-bond acceptors (Lipinski definition) is 4. The van der Waals surface area contributed by atoms with Gasteiger partial charge < -0.3 is 5.32 Å². The number of amides is 1. The Morgan fingerprint density at radius 3 is 3.00 bits per heavy atom. The lowest BCUT2D eigenvalue weighted by Gasteiger charge is -2.06. The molecule has 1 aromatic heterocycles. The summed E-state index contributed by atoms with van der Waals surface area (Å²) in [5, 5.41) is 4.79. The lowest BCUT2D eigenvalue weighted by Crippen LogP contribution is -2.13. The van der Waals surface area contributed by atoms with E-state index >= 15 is 0 Å². The zero-order valence-electron chi connectivity index (χ0n) is 10.7. The Labute approximate surface area is 129 Å². The smallest absolute Gasteiger partial charge is 0.225 e. The van der Waals surface area contributed by atoms with Crippen LogP contribution in [0.4, 0.5) is 10.1 Å². The minimum atomic E-state index is -0.533. The van der Waals surface area contributed by atoms with Crippen LogP contribution in [0.25, 0.3) is 0 Å². The Balaban J connectivity index is 1.80. The van der Waals surface area contributed by atoms with E-state index in [-0.39, 0.29) is 11.6 Å². The van der Waals surface area contributed by atoms with Crippen molar-refractivity contribution in [2.75, 3.05) is 11.1 Å². The first-order valence-electron chi connectivity index (χ1n) is 5.84. The molecule has 0 unspecified atom stereocenters. The van der Waals surface area contributed by atoms with Gasteiger partial charge in [-0.3, -0.25) is 4.79 Å². The molecule has 0 spiro atoms. The van der Waals surface area contributed by atoms with Gasteiger partial charge in [-0.1, -0.05) is 23.4 Å². The Hall–Kier alpha value is -1.11. The Kier molecular flexibility index (Phi) is 5.39. The van der Waals surface area contributed by atoms with Crippen molar-refractivity contribution in [2.45, 2.75) is 17.7 Å². The molecule has 0 aliphatic rings. The summed E-state index contributed by atoms with van der Waals surface area (Å²) in [7, 11) is 0. The van der Waals surface area contributed by atoms with Gasteiger partial charge >= 0.3 is 0 Å². The minimum Gasteiger partial charge on any atom is -0.324 e. The van der Waals surface area contributed by atoms with Gasteiger partial charge in [-0.25, -0.2) is 9.37 Å². The number of hydrogen-bond donors (Lipinski definition) is 1. The molecule has 1 N–H and O–H groups in total. The van der Waals surface area contributed by atoms with Crippen LogP contribution in [0.3, 0.4) is 0 Å². The van der Waals surface area contributed by atoms with Gasteiger partial charge in [0.05, 0.1) is 5.69 Å². The highest BCUT2D eigenvalue weighted by atomic mass is 35.5. The number of halogens is 2. The number of benzene rings is 1. The number of carbonyl (C=O) groups excluding carboxylic acids is 1. The van der Waals surface area contributed by atoms with E-state index in [4.69, 9.17) is 11.6 Å². The van der Waals surface area contributed by atoms with Crippen molar-refractivity contribution < 1.29 is 9.18 Å². The highest BCUT2D eigenvalue weighted by molar-refractivity contribution is 8.01. The van der Waals surface area contributed by atoms with Crippen LogP contribution < -0.4 is 5.32 Å². The molecule has 0 fully saturated rings. The highest BCUT2D eigenvalue weighted by Gasteiger charge is 2.08. The van der Waals surface area contributed by atoms with Crippen molar-refractivity contribution in [3.8, 4) is 0 Å². The van der Waals surface area contributed by atoms with Gasteiger partial charge in [-0.2, -0.15) is 0 Å². The summed E-state index contributed by atoms with van der Waals surface area (Å²) in [6.45, 7) is 1.93. The lowest BCUT2D eigenvalue weighted by atomic mass is 10.3. The van der Waals surface area contributed by atoms with E-state index in [1.165, 1.54) is 30.0 Å². The second-order valence-corrected chi connectivity index (χ2v) is 6.66.